The van der Waals surface area contributed by atoms with Crippen LogP contribution in [0.2, 0.25) is 0 Å². The Balaban J connectivity index is 1.49. The minimum absolute atomic E-state index is 0.0364. The summed E-state index contributed by atoms with van der Waals surface area (Å²) in [6, 6.07) is 4.51. The molecule has 2 aromatic heterocycles. The van der Waals surface area contributed by atoms with Gasteiger partial charge in [-0.15, -0.1) is 0 Å². The van der Waals surface area contributed by atoms with Crippen molar-refractivity contribution in [2.45, 2.75) is 38.3 Å². The first kappa shape index (κ1) is 28.0. The van der Waals surface area contributed by atoms with Crippen LogP contribution in [0.4, 0.5) is 22.0 Å². The Morgan fingerprint density at radius 2 is 1.82 bits per heavy atom. The van der Waals surface area contributed by atoms with Crippen LogP contribution in [-0.4, -0.2) is 61.3 Å². The number of amides is 1. The normalized spacial score (nSPS) is 14.9. The molecule has 14 heteroatoms. The number of piperidine rings is 1. The van der Waals surface area contributed by atoms with E-state index in [-0.39, 0.29) is 17.2 Å². The number of rotatable bonds is 7. The second-order valence-electron chi connectivity index (χ2n) is 8.75. The van der Waals surface area contributed by atoms with Crippen LogP contribution in [0.15, 0.2) is 41.8 Å². The Hall–Kier alpha value is -4.07. The smallest absolute Gasteiger partial charge is 0.390 e. The topological polar surface area (TPSA) is 114 Å². The second kappa shape index (κ2) is 11.8. The molecule has 1 saturated heterocycles. The molecule has 206 valence electrons. The summed E-state index contributed by atoms with van der Waals surface area (Å²) in [5.74, 6) is -3.61. The first-order chi connectivity index (χ1) is 18.6. The molecule has 4 rings (SSSR count). The fourth-order valence-corrected chi connectivity index (χ4v) is 4.18. The first-order valence-electron chi connectivity index (χ1n) is 11.9. The standard InChI is InChI=1S/C25H23F5N6O3/c1-14-32-12-17(20(13-37)35-39-21-5-8-31-24(34-21)25(28,29)30)23(33-14)15-6-9-36(10-7-15)22(38)11-16-18(26)3-2-4-19(16)27/h2-5,8,12,15,37H,6-7,9-11,13H2,1H3/b35-20-. The van der Waals surface area contributed by atoms with Crippen molar-refractivity contribution in [3.05, 3.63) is 76.8 Å². The number of hydrogen-bond donors (Lipinski definition) is 1. The molecule has 9 nitrogen and oxygen atoms in total. The van der Waals surface area contributed by atoms with Crippen LogP contribution in [0.5, 0.6) is 5.88 Å². The zero-order valence-electron chi connectivity index (χ0n) is 20.6. The van der Waals surface area contributed by atoms with E-state index >= 15 is 0 Å². The maximum atomic E-state index is 14.0. The van der Waals surface area contributed by atoms with E-state index in [1.54, 1.807) is 6.92 Å². The molecule has 0 saturated carbocycles. The van der Waals surface area contributed by atoms with Gasteiger partial charge in [-0.05, 0) is 31.9 Å². The summed E-state index contributed by atoms with van der Waals surface area (Å²) in [6.07, 6.45) is -1.98. The van der Waals surface area contributed by atoms with Gasteiger partial charge in [-0.25, -0.2) is 23.7 Å². The Bertz CT molecular complexity index is 1360. The summed E-state index contributed by atoms with van der Waals surface area (Å²) in [5, 5.41) is 13.7. The molecular formula is C25H23F5N6O3. The number of nitrogens with zero attached hydrogens (tertiary/aromatic N) is 6. The summed E-state index contributed by atoms with van der Waals surface area (Å²) < 4.78 is 66.6. The van der Waals surface area contributed by atoms with Crippen molar-refractivity contribution in [1.29, 1.82) is 0 Å². The zero-order chi connectivity index (χ0) is 28.2. The van der Waals surface area contributed by atoms with Crippen molar-refractivity contribution in [3.63, 3.8) is 0 Å². The van der Waals surface area contributed by atoms with Crippen LogP contribution < -0.4 is 4.84 Å². The zero-order valence-corrected chi connectivity index (χ0v) is 20.6. The minimum atomic E-state index is -4.78. The Morgan fingerprint density at radius 1 is 1.13 bits per heavy atom. The predicted octanol–water partition coefficient (Wildman–Crippen LogP) is 3.60. The molecule has 1 fully saturated rings. The summed E-state index contributed by atoms with van der Waals surface area (Å²) in [5.41, 5.74) is 0.523. The molecule has 3 heterocycles. The van der Waals surface area contributed by atoms with Gasteiger partial charge in [0, 0.05) is 48.6 Å². The van der Waals surface area contributed by atoms with E-state index in [0.29, 0.717) is 43.0 Å². The van der Waals surface area contributed by atoms with Crippen molar-refractivity contribution in [2.75, 3.05) is 19.7 Å². The monoisotopic (exact) mass is 550 g/mol. The third kappa shape index (κ3) is 6.69. The number of oxime groups is 1. The number of likely N-dealkylation sites (tertiary alicyclic amines) is 1. The number of aryl methyl sites for hydroxylation is 1. The maximum absolute atomic E-state index is 14.0. The molecule has 1 N–H and O–H groups in total. The van der Waals surface area contributed by atoms with Crippen molar-refractivity contribution in [2.24, 2.45) is 5.16 Å². The molecule has 39 heavy (non-hydrogen) atoms. The van der Waals surface area contributed by atoms with Crippen LogP contribution in [0.25, 0.3) is 0 Å². The van der Waals surface area contributed by atoms with E-state index in [9.17, 15) is 31.9 Å². The van der Waals surface area contributed by atoms with E-state index in [4.69, 9.17) is 4.84 Å². The molecule has 0 atom stereocenters. The Labute approximate surface area is 219 Å². The lowest BCUT2D eigenvalue weighted by atomic mass is 9.89. The molecule has 1 aliphatic rings. The number of hydrogen-bond acceptors (Lipinski definition) is 8. The van der Waals surface area contributed by atoms with Crippen molar-refractivity contribution in [3.8, 4) is 5.88 Å². The third-order valence-corrected chi connectivity index (χ3v) is 6.16. The minimum Gasteiger partial charge on any atom is -0.390 e. The van der Waals surface area contributed by atoms with Crippen LogP contribution in [0.3, 0.4) is 0 Å². The van der Waals surface area contributed by atoms with Gasteiger partial charge in [-0.3, -0.25) is 4.79 Å². The van der Waals surface area contributed by atoms with E-state index in [1.165, 1.54) is 17.2 Å². The summed E-state index contributed by atoms with van der Waals surface area (Å²) in [7, 11) is 0. The highest BCUT2D eigenvalue weighted by Gasteiger charge is 2.35. The highest BCUT2D eigenvalue weighted by molar-refractivity contribution is 6.02. The van der Waals surface area contributed by atoms with Gasteiger partial charge in [0.2, 0.25) is 11.7 Å². The Morgan fingerprint density at radius 3 is 2.46 bits per heavy atom. The molecule has 0 unspecified atom stereocenters. The lowest BCUT2D eigenvalue weighted by Gasteiger charge is -2.32. The van der Waals surface area contributed by atoms with Crippen LogP contribution >= 0.6 is 0 Å². The average molecular weight is 550 g/mol. The molecule has 0 radical (unpaired) electrons. The lowest BCUT2D eigenvalue weighted by Crippen LogP contribution is -2.39. The maximum Gasteiger partial charge on any atom is 0.451 e. The fourth-order valence-electron chi connectivity index (χ4n) is 4.18. The van der Waals surface area contributed by atoms with E-state index < -0.39 is 48.5 Å². The molecule has 3 aromatic rings. The molecule has 1 amide bonds. The molecule has 0 aliphatic carbocycles. The van der Waals surface area contributed by atoms with Gasteiger partial charge >= 0.3 is 6.18 Å². The average Bonchev–Trinajstić information content (AvgIpc) is 2.91. The van der Waals surface area contributed by atoms with E-state index in [2.05, 4.69) is 25.1 Å². The number of alkyl halides is 3. The fraction of sp³-hybridized carbons (Fsp3) is 0.360. The largest absolute Gasteiger partial charge is 0.451 e. The quantitative estimate of drug-likeness (QED) is 0.272. The van der Waals surface area contributed by atoms with Gasteiger partial charge in [0.05, 0.1) is 18.7 Å². The molecule has 1 aliphatic heterocycles. The van der Waals surface area contributed by atoms with Crippen LogP contribution in [0.1, 0.15) is 47.2 Å². The van der Waals surface area contributed by atoms with Crippen molar-refractivity contribution >= 4 is 11.6 Å². The summed E-state index contributed by atoms with van der Waals surface area (Å²) >= 11 is 0. The van der Waals surface area contributed by atoms with Gasteiger partial charge < -0.3 is 14.8 Å². The van der Waals surface area contributed by atoms with Crippen molar-refractivity contribution < 1.29 is 36.7 Å². The number of aromatic nitrogens is 4. The lowest BCUT2D eigenvalue weighted by molar-refractivity contribution is -0.145. The highest BCUT2D eigenvalue weighted by Crippen LogP contribution is 2.30. The Kier molecular flexibility index (Phi) is 8.43. The number of halogens is 5. The number of benzene rings is 1. The van der Waals surface area contributed by atoms with Gasteiger partial charge in [0.25, 0.3) is 5.88 Å². The first-order valence-corrected chi connectivity index (χ1v) is 11.9. The van der Waals surface area contributed by atoms with E-state index in [1.807, 2.05) is 0 Å². The molecule has 0 spiro atoms. The predicted molar refractivity (Wildman–Crippen MR) is 127 cm³/mol. The number of carbonyl (C=O) groups excluding carboxylic acids is 1. The van der Waals surface area contributed by atoms with Gasteiger partial charge in [-0.1, -0.05) is 11.2 Å². The van der Waals surface area contributed by atoms with Crippen LogP contribution in [-0.2, 0) is 17.4 Å². The van der Waals surface area contributed by atoms with Gasteiger partial charge in [0.1, 0.15) is 23.2 Å². The number of carbonyl (C=O) groups is 1. The molecular weight excluding hydrogens is 527 g/mol. The summed E-state index contributed by atoms with van der Waals surface area (Å²) in [4.78, 5) is 34.3. The number of aliphatic hydroxyl groups is 1. The molecule has 0 bridgehead atoms. The highest BCUT2D eigenvalue weighted by atomic mass is 19.4. The number of aliphatic hydroxyl groups excluding tert-OH is 1. The van der Waals surface area contributed by atoms with E-state index in [0.717, 1.165) is 24.4 Å². The summed E-state index contributed by atoms with van der Waals surface area (Å²) in [6.45, 7) is 1.62. The molecule has 1 aromatic carbocycles. The van der Waals surface area contributed by atoms with Gasteiger partial charge in [-0.2, -0.15) is 18.2 Å². The third-order valence-electron chi connectivity index (χ3n) is 6.16. The second-order valence-corrected chi connectivity index (χ2v) is 8.75. The SMILES string of the molecule is Cc1ncc(/C(CO)=N\Oc2ccnc(C(F)(F)F)n2)c(C2CCN(C(=O)Cc3c(F)cccc3F)CC2)n1. The van der Waals surface area contributed by atoms with Gasteiger partial charge in [0.15, 0.2) is 0 Å². The van der Waals surface area contributed by atoms with Crippen molar-refractivity contribution in [1.82, 2.24) is 24.8 Å². The van der Waals surface area contributed by atoms with Crippen LogP contribution in [0, 0.1) is 18.6 Å².